The fraction of sp³-hybridized carbons (Fsp3) is 0.600. The minimum atomic E-state index is 0.252. The molecule has 106 valence electrons. The lowest BCUT2D eigenvalue weighted by atomic mass is 10.1. The molecule has 0 aromatic heterocycles. The van der Waals surface area contributed by atoms with Crippen LogP contribution in [0.2, 0.25) is 0 Å². The van der Waals surface area contributed by atoms with Crippen molar-refractivity contribution in [2.45, 2.75) is 39.3 Å². The van der Waals surface area contributed by atoms with E-state index in [9.17, 15) is 0 Å². The van der Waals surface area contributed by atoms with Gasteiger partial charge in [0, 0.05) is 18.4 Å². The number of hydrogen-bond acceptors (Lipinski definition) is 4. The highest BCUT2D eigenvalue weighted by molar-refractivity contribution is 5.55. The Bertz CT molecular complexity index is 408. The lowest BCUT2D eigenvalue weighted by Crippen LogP contribution is -2.26. The lowest BCUT2D eigenvalue weighted by molar-refractivity contribution is 0.121. The van der Waals surface area contributed by atoms with Crippen LogP contribution in [0.15, 0.2) is 18.2 Å². The highest BCUT2D eigenvalue weighted by atomic mass is 16.5. The van der Waals surface area contributed by atoms with E-state index in [1.54, 1.807) is 0 Å². The monoisotopic (exact) mass is 265 g/mol. The van der Waals surface area contributed by atoms with E-state index in [1.165, 1.54) is 0 Å². The Balaban J connectivity index is 2.10. The van der Waals surface area contributed by atoms with Gasteiger partial charge >= 0.3 is 0 Å². The van der Waals surface area contributed by atoms with Crippen molar-refractivity contribution in [2.24, 2.45) is 0 Å². The van der Waals surface area contributed by atoms with Crippen molar-refractivity contribution in [3.63, 3.8) is 0 Å². The van der Waals surface area contributed by atoms with Gasteiger partial charge in [0.15, 0.2) is 11.5 Å². The first-order valence-electron chi connectivity index (χ1n) is 7.02. The van der Waals surface area contributed by atoms with Gasteiger partial charge in [-0.2, -0.15) is 0 Å². The second-order valence-corrected chi connectivity index (χ2v) is 4.64. The van der Waals surface area contributed by atoms with Gasteiger partial charge in [-0.05, 0) is 39.3 Å². The Morgan fingerprint density at radius 2 is 1.95 bits per heavy atom. The molecule has 2 rings (SSSR count). The van der Waals surface area contributed by atoms with Crippen LogP contribution in [0, 0.1) is 0 Å². The van der Waals surface area contributed by atoms with Gasteiger partial charge in [0.1, 0.15) is 0 Å². The highest BCUT2D eigenvalue weighted by Gasteiger charge is 2.24. The van der Waals surface area contributed by atoms with Crippen molar-refractivity contribution in [2.75, 3.05) is 25.1 Å². The number of rotatable bonds is 6. The molecular formula is C15H23NO3. The maximum absolute atomic E-state index is 5.63. The topological polar surface area (TPSA) is 39.7 Å². The average molecular weight is 265 g/mol. The Kier molecular flexibility index (Phi) is 4.91. The van der Waals surface area contributed by atoms with Crippen LogP contribution in [-0.4, -0.2) is 32.0 Å². The first-order chi connectivity index (χ1) is 9.24. The molecule has 1 fully saturated rings. The molecule has 1 aromatic rings. The van der Waals surface area contributed by atoms with Gasteiger partial charge in [-0.25, -0.2) is 0 Å². The third kappa shape index (κ3) is 3.53. The smallest absolute Gasteiger partial charge is 0.163 e. The van der Waals surface area contributed by atoms with Crippen molar-refractivity contribution in [1.29, 1.82) is 0 Å². The largest absolute Gasteiger partial charge is 0.490 e. The van der Waals surface area contributed by atoms with E-state index in [2.05, 4.69) is 12.2 Å². The van der Waals surface area contributed by atoms with Crippen LogP contribution in [0.3, 0.4) is 0 Å². The van der Waals surface area contributed by atoms with E-state index in [-0.39, 0.29) is 6.10 Å². The number of benzene rings is 1. The molecule has 0 radical (unpaired) electrons. The maximum atomic E-state index is 5.63. The van der Waals surface area contributed by atoms with Crippen LogP contribution >= 0.6 is 0 Å². The number of ether oxygens (including phenoxy) is 3. The molecular weight excluding hydrogens is 242 g/mol. The molecule has 0 saturated carbocycles. The molecule has 1 aliphatic rings. The van der Waals surface area contributed by atoms with Crippen molar-refractivity contribution in [3.8, 4) is 11.5 Å². The van der Waals surface area contributed by atoms with Crippen LogP contribution in [-0.2, 0) is 4.74 Å². The zero-order chi connectivity index (χ0) is 13.7. The molecule has 1 heterocycles. The van der Waals surface area contributed by atoms with E-state index in [0.717, 1.165) is 30.2 Å². The Labute approximate surface area is 115 Å². The highest BCUT2D eigenvalue weighted by Crippen LogP contribution is 2.31. The standard InChI is InChI=1S/C15H23NO3/c1-4-17-14-7-6-12(10-15(14)18-5-2)16-13-8-9-19-11(13)3/h6-7,10-11,13,16H,4-5,8-9H2,1-3H3. The van der Waals surface area contributed by atoms with E-state index in [0.29, 0.717) is 19.3 Å². The molecule has 1 aromatic carbocycles. The van der Waals surface area contributed by atoms with Crippen LogP contribution in [0.4, 0.5) is 5.69 Å². The average Bonchev–Trinajstić information content (AvgIpc) is 2.79. The Hall–Kier alpha value is -1.42. The maximum Gasteiger partial charge on any atom is 0.163 e. The summed E-state index contributed by atoms with van der Waals surface area (Å²) in [6, 6.07) is 6.35. The zero-order valence-electron chi connectivity index (χ0n) is 11.9. The molecule has 4 heteroatoms. The zero-order valence-corrected chi connectivity index (χ0v) is 11.9. The molecule has 1 saturated heterocycles. The fourth-order valence-corrected chi connectivity index (χ4v) is 2.28. The second-order valence-electron chi connectivity index (χ2n) is 4.64. The quantitative estimate of drug-likeness (QED) is 0.858. The van der Waals surface area contributed by atoms with E-state index in [1.807, 2.05) is 32.0 Å². The number of anilines is 1. The first kappa shape index (κ1) is 14.0. The summed E-state index contributed by atoms with van der Waals surface area (Å²) in [5.41, 5.74) is 1.05. The summed E-state index contributed by atoms with van der Waals surface area (Å²) in [6.45, 7) is 8.14. The number of hydrogen-bond donors (Lipinski definition) is 1. The molecule has 0 spiro atoms. The fourth-order valence-electron chi connectivity index (χ4n) is 2.28. The lowest BCUT2D eigenvalue weighted by Gasteiger charge is -2.19. The van der Waals surface area contributed by atoms with Crippen LogP contribution in [0.1, 0.15) is 27.2 Å². The van der Waals surface area contributed by atoms with Crippen LogP contribution in [0.5, 0.6) is 11.5 Å². The summed E-state index contributed by atoms with van der Waals surface area (Å²) in [6.07, 6.45) is 1.29. The molecule has 2 unspecified atom stereocenters. The van der Waals surface area contributed by atoms with Crippen molar-refractivity contribution < 1.29 is 14.2 Å². The van der Waals surface area contributed by atoms with E-state index in [4.69, 9.17) is 14.2 Å². The molecule has 1 N–H and O–H groups in total. The van der Waals surface area contributed by atoms with Gasteiger partial charge in [0.05, 0.1) is 25.4 Å². The summed E-state index contributed by atoms with van der Waals surface area (Å²) in [4.78, 5) is 0. The Morgan fingerprint density at radius 1 is 1.21 bits per heavy atom. The predicted octanol–water partition coefficient (Wildman–Crippen LogP) is 3.07. The third-order valence-corrected chi connectivity index (χ3v) is 3.27. The first-order valence-corrected chi connectivity index (χ1v) is 7.02. The molecule has 0 amide bonds. The summed E-state index contributed by atoms with van der Waals surface area (Å²) >= 11 is 0. The third-order valence-electron chi connectivity index (χ3n) is 3.27. The van der Waals surface area contributed by atoms with Gasteiger partial charge in [-0.1, -0.05) is 0 Å². The van der Waals surface area contributed by atoms with Gasteiger partial charge in [-0.3, -0.25) is 0 Å². The SMILES string of the molecule is CCOc1ccc(NC2CCOC2C)cc1OCC. The van der Waals surface area contributed by atoms with Gasteiger partial charge in [0.25, 0.3) is 0 Å². The van der Waals surface area contributed by atoms with Crippen molar-refractivity contribution in [1.82, 2.24) is 0 Å². The summed E-state index contributed by atoms with van der Waals surface area (Å²) < 4.78 is 16.7. The normalized spacial score (nSPS) is 22.3. The van der Waals surface area contributed by atoms with Crippen LogP contribution in [0.25, 0.3) is 0 Å². The van der Waals surface area contributed by atoms with Gasteiger partial charge in [0.2, 0.25) is 0 Å². The molecule has 19 heavy (non-hydrogen) atoms. The molecule has 0 aliphatic carbocycles. The minimum absolute atomic E-state index is 0.252. The molecule has 0 bridgehead atoms. The van der Waals surface area contributed by atoms with E-state index < -0.39 is 0 Å². The van der Waals surface area contributed by atoms with Gasteiger partial charge in [-0.15, -0.1) is 0 Å². The second kappa shape index (κ2) is 6.66. The number of nitrogens with one attached hydrogen (secondary N) is 1. The summed E-state index contributed by atoms with van der Waals surface area (Å²) in [5, 5.41) is 3.50. The van der Waals surface area contributed by atoms with Crippen LogP contribution < -0.4 is 14.8 Å². The summed E-state index contributed by atoms with van der Waals surface area (Å²) in [5.74, 6) is 1.59. The molecule has 4 nitrogen and oxygen atoms in total. The van der Waals surface area contributed by atoms with E-state index >= 15 is 0 Å². The predicted molar refractivity (Wildman–Crippen MR) is 76.2 cm³/mol. The Morgan fingerprint density at radius 3 is 2.58 bits per heavy atom. The minimum Gasteiger partial charge on any atom is -0.490 e. The van der Waals surface area contributed by atoms with Crippen molar-refractivity contribution in [3.05, 3.63) is 18.2 Å². The van der Waals surface area contributed by atoms with Crippen molar-refractivity contribution >= 4 is 5.69 Å². The van der Waals surface area contributed by atoms with Gasteiger partial charge < -0.3 is 19.5 Å². The molecule has 2 atom stereocenters. The molecule has 1 aliphatic heterocycles. The summed E-state index contributed by atoms with van der Waals surface area (Å²) in [7, 11) is 0.